The van der Waals surface area contributed by atoms with Crippen molar-refractivity contribution in [2.45, 2.75) is 50.6 Å². The molecule has 1 unspecified atom stereocenters. The van der Waals surface area contributed by atoms with Crippen molar-refractivity contribution in [2.24, 2.45) is 4.99 Å². The predicted molar refractivity (Wildman–Crippen MR) is 76.0 cm³/mol. The number of amides is 2. The summed E-state index contributed by atoms with van der Waals surface area (Å²) in [6.07, 6.45) is 11.8. The summed E-state index contributed by atoms with van der Waals surface area (Å²) in [5.74, 6) is 0.234. The zero-order valence-corrected chi connectivity index (χ0v) is 11.6. The second-order valence-electron chi connectivity index (χ2n) is 5.84. The van der Waals surface area contributed by atoms with Crippen molar-refractivity contribution in [3.63, 3.8) is 0 Å². The van der Waals surface area contributed by atoms with Gasteiger partial charge in [0.25, 0.3) is 5.91 Å². The first-order valence-electron chi connectivity index (χ1n) is 7.16. The third-order valence-corrected chi connectivity index (χ3v) is 4.28. The highest BCUT2D eigenvalue weighted by molar-refractivity contribution is 6.09. The molecule has 0 aromatic heterocycles. The fraction of sp³-hybridized carbons (Fsp3) is 0.533. The Balaban J connectivity index is 1.84. The van der Waals surface area contributed by atoms with E-state index in [1.165, 1.54) is 12.8 Å². The largest absolute Gasteiger partial charge is 0.351 e. The van der Waals surface area contributed by atoms with Crippen LogP contribution in [0.15, 0.2) is 29.4 Å². The van der Waals surface area contributed by atoms with Crippen LogP contribution < -0.4 is 5.32 Å². The summed E-state index contributed by atoms with van der Waals surface area (Å²) in [6, 6.07) is 0.251. The normalized spacial score (nSPS) is 29.4. The fourth-order valence-electron chi connectivity index (χ4n) is 3.09. The molecule has 3 rings (SSSR count). The molecular formula is C15H19N3O2. The number of fused-ring (bicyclic) bond motifs is 1. The van der Waals surface area contributed by atoms with E-state index in [2.05, 4.69) is 10.3 Å². The molecule has 1 fully saturated rings. The average Bonchev–Trinajstić information content (AvgIpc) is 2.91. The van der Waals surface area contributed by atoms with Gasteiger partial charge in [0.05, 0.1) is 6.42 Å². The van der Waals surface area contributed by atoms with Crippen LogP contribution in [0.5, 0.6) is 0 Å². The van der Waals surface area contributed by atoms with Gasteiger partial charge in [-0.2, -0.15) is 4.99 Å². The minimum atomic E-state index is -0.877. The molecule has 106 valence electrons. The number of aliphatic imine (C=N–C) groups is 1. The van der Waals surface area contributed by atoms with Gasteiger partial charge in [-0.05, 0) is 31.9 Å². The first kappa shape index (κ1) is 13.1. The van der Waals surface area contributed by atoms with Gasteiger partial charge in [0.15, 0.2) is 0 Å². The molecule has 20 heavy (non-hydrogen) atoms. The number of nitrogens with zero attached hydrogens (tertiary/aromatic N) is 2. The number of rotatable bonds is 2. The molecule has 0 aromatic carbocycles. The summed E-state index contributed by atoms with van der Waals surface area (Å²) < 4.78 is 0. The molecule has 2 amide bonds. The Hall–Kier alpha value is -1.91. The van der Waals surface area contributed by atoms with E-state index in [4.69, 9.17) is 0 Å². The van der Waals surface area contributed by atoms with Crippen LogP contribution in [0.25, 0.3) is 0 Å². The number of carbonyl (C=O) groups excluding carboxylic acids is 2. The van der Waals surface area contributed by atoms with Gasteiger partial charge in [-0.1, -0.05) is 18.9 Å². The van der Waals surface area contributed by atoms with E-state index in [1.54, 1.807) is 11.0 Å². The van der Waals surface area contributed by atoms with Crippen molar-refractivity contribution < 1.29 is 9.59 Å². The van der Waals surface area contributed by atoms with Gasteiger partial charge in [-0.15, -0.1) is 0 Å². The van der Waals surface area contributed by atoms with Gasteiger partial charge in [0, 0.05) is 12.2 Å². The molecule has 1 aliphatic carbocycles. The van der Waals surface area contributed by atoms with E-state index in [1.807, 2.05) is 25.3 Å². The number of carbonyl (C=O) groups is 2. The molecule has 1 saturated carbocycles. The predicted octanol–water partition coefficient (Wildman–Crippen LogP) is 1.52. The first-order chi connectivity index (χ1) is 9.59. The Labute approximate surface area is 118 Å². The standard InChI is InChI=1S/C15H19N3O2/c1-15(14(20)16-11-6-2-3-7-11)10-13(19)17-12-8-4-5-9-18(12)15/h4-5,8-9,11H,2-3,6-7,10H2,1H3,(H,16,20). The zero-order valence-electron chi connectivity index (χ0n) is 11.6. The topological polar surface area (TPSA) is 61.8 Å². The molecule has 1 atom stereocenters. The Morgan fingerprint density at radius 1 is 1.40 bits per heavy atom. The van der Waals surface area contributed by atoms with Crippen LogP contribution in [0.2, 0.25) is 0 Å². The van der Waals surface area contributed by atoms with E-state index in [0.29, 0.717) is 5.84 Å². The second kappa shape index (κ2) is 4.89. The molecule has 0 saturated heterocycles. The maximum absolute atomic E-state index is 12.7. The monoisotopic (exact) mass is 273 g/mol. The van der Waals surface area contributed by atoms with Crippen LogP contribution in [0.1, 0.15) is 39.0 Å². The average molecular weight is 273 g/mol. The van der Waals surface area contributed by atoms with Crippen molar-refractivity contribution in [1.29, 1.82) is 0 Å². The van der Waals surface area contributed by atoms with E-state index < -0.39 is 5.54 Å². The van der Waals surface area contributed by atoms with Crippen molar-refractivity contribution >= 4 is 17.6 Å². The Kier molecular flexibility index (Phi) is 3.20. The van der Waals surface area contributed by atoms with Crippen molar-refractivity contribution in [1.82, 2.24) is 10.2 Å². The maximum Gasteiger partial charge on any atom is 0.250 e. The Morgan fingerprint density at radius 2 is 2.15 bits per heavy atom. The highest BCUT2D eigenvalue weighted by Crippen LogP contribution is 2.29. The quantitative estimate of drug-likeness (QED) is 0.829. The number of hydrogen-bond donors (Lipinski definition) is 1. The van der Waals surface area contributed by atoms with Gasteiger partial charge < -0.3 is 10.2 Å². The summed E-state index contributed by atoms with van der Waals surface area (Å²) in [4.78, 5) is 30.3. The summed E-state index contributed by atoms with van der Waals surface area (Å²) in [7, 11) is 0. The fourth-order valence-corrected chi connectivity index (χ4v) is 3.09. The van der Waals surface area contributed by atoms with Crippen molar-refractivity contribution in [3.05, 3.63) is 24.4 Å². The molecular weight excluding hydrogens is 254 g/mol. The third kappa shape index (κ3) is 2.17. The summed E-state index contributed by atoms with van der Waals surface area (Å²) in [5.41, 5.74) is -0.877. The third-order valence-electron chi connectivity index (χ3n) is 4.28. The lowest BCUT2D eigenvalue weighted by molar-refractivity contribution is -0.135. The van der Waals surface area contributed by atoms with Crippen LogP contribution in [-0.4, -0.2) is 34.1 Å². The number of nitrogens with one attached hydrogen (secondary N) is 1. The highest BCUT2D eigenvalue weighted by atomic mass is 16.2. The van der Waals surface area contributed by atoms with E-state index in [-0.39, 0.29) is 24.3 Å². The van der Waals surface area contributed by atoms with Crippen molar-refractivity contribution in [2.75, 3.05) is 0 Å². The second-order valence-corrected chi connectivity index (χ2v) is 5.84. The van der Waals surface area contributed by atoms with Crippen LogP contribution in [0, 0.1) is 0 Å². The molecule has 2 aliphatic heterocycles. The van der Waals surface area contributed by atoms with Gasteiger partial charge >= 0.3 is 0 Å². The summed E-state index contributed by atoms with van der Waals surface area (Å²) in [5, 5.41) is 3.10. The SMILES string of the molecule is CC1(C(=O)NC2CCCC2)CC(=O)N=C2C=CC=CN21. The molecule has 5 heteroatoms. The van der Waals surface area contributed by atoms with Crippen LogP contribution in [-0.2, 0) is 9.59 Å². The minimum absolute atomic E-state index is 0.0786. The van der Waals surface area contributed by atoms with Gasteiger partial charge in [0.2, 0.25) is 5.91 Å². The Bertz CT molecular complexity index is 529. The van der Waals surface area contributed by atoms with Gasteiger partial charge in [0.1, 0.15) is 11.4 Å². The molecule has 0 aromatic rings. The highest BCUT2D eigenvalue weighted by Gasteiger charge is 2.45. The summed E-state index contributed by atoms with van der Waals surface area (Å²) >= 11 is 0. The molecule has 0 bridgehead atoms. The van der Waals surface area contributed by atoms with Crippen molar-refractivity contribution in [3.8, 4) is 0 Å². The van der Waals surface area contributed by atoms with Gasteiger partial charge in [-0.3, -0.25) is 9.59 Å². The molecule has 2 heterocycles. The number of allylic oxidation sites excluding steroid dienone is 2. The molecule has 3 aliphatic rings. The molecule has 0 radical (unpaired) electrons. The summed E-state index contributed by atoms with van der Waals surface area (Å²) in [6.45, 7) is 1.81. The van der Waals surface area contributed by atoms with Crippen LogP contribution in [0.4, 0.5) is 0 Å². The molecule has 0 spiro atoms. The maximum atomic E-state index is 12.7. The van der Waals surface area contributed by atoms with Crippen LogP contribution in [0.3, 0.4) is 0 Å². The van der Waals surface area contributed by atoms with E-state index in [9.17, 15) is 9.59 Å². The van der Waals surface area contributed by atoms with Crippen LogP contribution >= 0.6 is 0 Å². The van der Waals surface area contributed by atoms with Gasteiger partial charge in [-0.25, -0.2) is 0 Å². The lowest BCUT2D eigenvalue weighted by Crippen LogP contribution is -2.61. The molecule has 5 nitrogen and oxygen atoms in total. The van der Waals surface area contributed by atoms with E-state index >= 15 is 0 Å². The molecule has 1 N–H and O–H groups in total. The minimum Gasteiger partial charge on any atom is -0.351 e. The number of amidine groups is 1. The first-order valence-corrected chi connectivity index (χ1v) is 7.16. The number of hydrogen-bond acceptors (Lipinski definition) is 3. The lowest BCUT2D eigenvalue weighted by Gasteiger charge is -2.42. The zero-order chi connectivity index (χ0) is 14.2. The Morgan fingerprint density at radius 3 is 2.90 bits per heavy atom. The van der Waals surface area contributed by atoms with E-state index in [0.717, 1.165) is 12.8 Å². The lowest BCUT2D eigenvalue weighted by atomic mass is 9.90. The smallest absolute Gasteiger partial charge is 0.250 e.